The van der Waals surface area contributed by atoms with Crippen LogP contribution < -0.4 is 0 Å². The largest absolute Gasteiger partial charge is 0.462 e. The Balaban J connectivity index is 4.31. The van der Waals surface area contributed by atoms with E-state index in [4.69, 9.17) is 14.2 Å². The highest BCUT2D eigenvalue weighted by molar-refractivity contribution is 5.71. The topological polar surface area (TPSA) is 78.9 Å². The smallest absolute Gasteiger partial charge is 0.306 e. The van der Waals surface area contributed by atoms with Gasteiger partial charge in [-0.15, -0.1) is 0 Å². The molecule has 0 amide bonds. The second-order valence-corrected chi connectivity index (χ2v) is 22.7. The van der Waals surface area contributed by atoms with Crippen LogP contribution in [0.2, 0.25) is 0 Å². The van der Waals surface area contributed by atoms with Crippen molar-refractivity contribution >= 4 is 17.9 Å². The zero-order chi connectivity index (χ0) is 57.1. The van der Waals surface area contributed by atoms with E-state index in [0.29, 0.717) is 19.3 Å². The minimum absolute atomic E-state index is 0.0842. The molecular weight excluding hydrogens is 973 g/mol. The van der Waals surface area contributed by atoms with Gasteiger partial charge >= 0.3 is 17.9 Å². The number of carbonyl (C=O) groups excluding carboxylic acids is 3. The Labute approximate surface area is 490 Å². The van der Waals surface area contributed by atoms with E-state index in [1.54, 1.807) is 0 Å². The van der Waals surface area contributed by atoms with Crippen LogP contribution in [-0.4, -0.2) is 37.2 Å². The summed E-state index contributed by atoms with van der Waals surface area (Å²) < 4.78 is 16.9. The summed E-state index contributed by atoms with van der Waals surface area (Å²) in [5, 5.41) is 0. The fraction of sp³-hybridized carbons (Fsp3) is 0.767. The number of rotatable bonds is 62. The molecule has 0 spiro atoms. The summed E-state index contributed by atoms with van der Waals surface area (Å²) >= 11 is 0. The Morgan fingerprint density at radius 1 is 0.253 bits per heavy atom. The van der Waals surface area contributed by atoms with Crippen molar-refractivity contribution in [2.24, 2.45) is 0 Å². The fourth-order valence-corrected chi connectivity index (χ4v) is 9.69. The zero-order valence-electron chi connectivity index (χ0n) is 52.4. The first-order valence-corrected chi connectivity index (χ1v) is 34.1. The van der Waals surface area contributed by atoms with E-state index >= 15 is 0 Å². The van der Waals surface area contributed by atoms with Gasteiger partial charge in [0.05, 0.1) is 0 Å². The van der Waals surface area contributed by atoms with Crippen molar-refractivity contribution in [3.63, 3.8) is 0 Å². The summed E-state index contributed by atoms with van der Waals surface area (Å²) in [5.41, 5.74) is 0. The molecule has 0 rings (SSSR count). The van der Waals surface area contributed by atoms with Gasteiger partial charge in [-0.25, -0.2) is 0 Å². The Morgan fingerprint density at radius 2 is 0.456 bits per heavy atom. The van der Waals surface area contributed by atoms with Crippen molar-refractivity contribution in [1.82, 2.24) is 0 Å². The molecule has 1 atom stereocenters. The van der Waals surface area contributed by atoms with Gasteiger partial charge in [0, 0.05) is 19.3 Å². The molecule has 0 aliphatic carbocycles. The third kappa shape index (κ3) is 65.3. The molecule has 0 aliphatic heterocycles. The van der Waals surface area contributed by atoms with Gasteiger partial charge in [0.1, 0.15) is 13.2 Å². The number of esters is 3. The van der Waals surface area contributed by atoms with Gasteiger partial charge in [-0.1, -0.05) is 286 Å². The lowest BCUT2D eigenvalue weighted by atomic mass is 10.0. The SMILES string of the molecule is CCCCCC/C=C\CCCCCCCC(=O)OCC(COC(=O)CCCCCCCCCCCCCC/C=C\C/C=C\C/C=C\CCCCCCC)OC(=O)CCCCCCCC/C=C\C/C=C\C/C=C\CCCCCCC. The third-order valence-corrected chi connectivity index (χ3v) is 14.8. The molecule has 0 bridgehead atoms. The summed E-state index contributed by atoms with van der Waals surface area (Å²) in [4.78, 5) is 38.4. The van der Waals surface area contributed by atoms with Gasteiger partial charge in [-0.05, 0) is 122 Å². The highest BCUT2D eigenvalue weighted by atomic mass is 16.6. The number of allylic oxidation sites excluding steroid dienone is 14. The second kappa shape index (κ2) is 67.1. The maximum atomic E-state index is 12.9. The van der Waals surface area contributed by atoms with Crippen LogP contribution in [0.3, 0.4) is 0 Å². The molecule has 0 saturated heterocycles. The minimum atomic E-state index is -0.789. The van der Waals surface area contributed by atoms with Crippen LogP contribution in [0.25, 0.3) is 0 Å². The lowest BCUT2D eigenvalue weighted by Crippen LogP contribution is -2.30. The number of ether oxygens (including phenoxy) is 3. The molecular formula is C73H128O6. The molecule has 0 saturated carbocycles. The van der Waals surface area contributed by atoms with Crippen molar-refractivity contribution in [3.8, 4) is 0 Å². The first-order chi connectivity index (χ1) is 39.0. The van der Waals surface area contributed by atoms with Crippen LogP contribution in [0.4, 0.5) is 0 Å². The fourth-order valence-electron chi connectivity index (χ4n) is 9.69. The summed E-state index contributed by atoms with van der Waals surface area (Å²) in [6.07, 6.45) is 88.8. The molecule has 0 aromatic carbocycles. The highest BCUT2D eigenvalue weighted by Crippen LogP contribution is 2.16. The maximum absolute atomic E-state index is 12.9. The van der Waals surface area contributed by atoms with Gasteiger partial charge in [-0.3, -0.25) is 14.4 Å². The highest BCUT2D eigenvalue weighted by Gasteiger charge is 2.19. The predicted octanol–water partition coefficient (Wildman–Crippen LogP) is 23.4. The molecule has 6 nitrogen and oxygen atoms in total. The van der Waals surface area contributed by atoms with Crippen LogP contribution in [0.1, 0.15) is 342 Å². The lowest BCUT2D eigenvalue weighted by Gasteiger charge is -2.18. The zero-order valence-corrected chi connectivity index (χ0v) is 52.4. The standard InChI is InChI=1S/C73H128O6/c1-4-7-10-13-16-19-22-25-27-29-31-33-34-35-36-37-38-40-41-43-45-48-51-54-57-60-63-66-72(75)78-69-70(68-77-71(74)65-62-59-56-53-50-47-24-21-18-15-12-9-6-3)79-73(76)67-64-61-58-55-52-49-46-44-42-39-32-30-28-26-23-20-17-14-11-8-5-2/h21-26,29-32,34-35,42,44,70H,4-20,27-28,33,36-41,43,45-69H2,1-3H3/b24-21-,25-22-,26-23-,31-29-,32-30-,35-34-,44-42-. The second-order valence-electron chi connectivity index (χ2n) is 22.7. The van der Waals surface area contributed by atoms with Crippen LogP contribution >= 0.6 is 0 Å². The van der Waals surface area contributed by atoms with E-state index in [9.17, 15) is 14.4 Å². The Bertz CT molecular complexity index is 1500. The molecule has 0 fully saturated rings. The Hall–Kier alpha value is -3.41. The number of unbranched alkanes of at least 4 members (excludes halogenated alkanes) is 37. The molecule has 0 radical (unpaired) electrons. The van der Waals surface area contributed by atoms with Gasteiger partial charge in [0.15, 0.2) is 6.10 Å². The van der Waals surface area contributed by atoms with E-state index in [-0.39, 0.29) is 31.1 Å². The van der Waals surface area contributed by atoms with E-state index in [2.05, 4.69) is 106 Å². The van der Waals surface area contributed by atoms with E-state index in [1.807, 2.05) is 0 Å². The van der Waals surface area contributed by atoms with E-state index in [1.165, 1.54) is 199 Å². The first-order valence-electron chi connectivity index (χ1n) is 34.1. The van der Waals surface area contributed by atoms with Gasteiger partial charge in [0.25, 0.3) is 0 Å². The number of hydrogen-bond donors (Lipinski definition) is 0. The molecule has 6 heteroatoms. The molecule has 456 valence electrons. The van der Waals surface area contributed by atoms with Crippen molar-refractivity contribution in [3.05, 3.63) is 85.1 Å². The number of carbonyl (C=O) groups is 3. The molecule has 0 aliphatic rings. The molecule has 0 aromatic rings. The van der Waals surface area contributed by atoms with Gasteiger partial charge in [0.2, 0.25) is 0 Å². The van der Waals surface area contributed by atoms with Crippen molar-refractivity contribution < 1.29 is 28.6 Å². The summed E-state index contributed by atoms with van der Waals surface area (Å²) in [5.74, 6) is -0.894. The lowest BCUT2D eigenvalue weighted by molar-refractivity contribution is -0.167. The van der Waals surface area contributed by atoms with Crippen LogP contribution in [-0.2, 0) is 28.6 Å². The van der Waals surface area contributed by atoms with Crippen molar-refractivity contribution in [2.45, 2.75) is 348 Å². The number of hydrogen-bond acceptors (Lipinski definition) is 6. The van der Waals surface area contributed by atoms with Crippen molar-refractivity contribution in [2.75, 3.05) is 13.2 Å². The molecule has 0 heterocycles. The third-order valence-electron chi connectivity index (χ3n) is 14.8. The van der Waals surface area contributed by atoms with Crippen LogP contribution in [0, 0.1) is 0 Å². The average molecular weight is 1100 g/mol. The van der Waals surface area contributed by atoms with Gasteiger partial charge in [-0.2, -0.15) is 0 Å². The maximum Gasteiger partial charge on any atom is 0.306 e. The van der Waals surface area contributed by atoms with Crippen LogP contribution in [0.15, 0.2) is 85.1 Å². The molecule has 0 N–H and O–H groups in total. The van der Waals surface area contributed by atoms with E-state index in [0.717, 1.165) is 103 Å². The Morgan fingerprint density at radius 3 is 0.734 bits per heavy atom. The van der Waals surface area contributed by atoms with Crippen LogP contribution in [0.5, 0.6) is 0 Å². The minimum Gasteiger partial charge on any atom is -0.462 e. The quantitative estimate of drug-likeness (QED) is 0.0261. The predicted molar refractivity (Wildman–Crippen MR) is 344 cm³/mol. The summed E-state index contributed by atoms with van der Waals surface area (Å²) in [7, 11) is 0. The monoisotopic (exact) mass is 1100 g/mol. The normalized spacial score (nSPS) is 12.6. The molecule has 79 heavy (non-hydrogen) atoms. The summed E-state index contributed by atoms with van der Waals surface area (Å²) in [6.45, 7) is 6.62. The van der Waals surface area contributed by atoms with E-state index < -0.39 is 6.10 Å². The molecule has 1 unspecified atom stereocenters. The van der Waals surface area contributed by atoms with Crippen molar-refractivity contribution in [1.29, 1.82) is 0 Å². The molecule has 0 aromatic heterocycles. The summed E-state index contributed by atoms with van der Waals surface area (Å²) in [6, 6.07) is 0. The Kier molecular flexibility index (Phi) is 64.2. The van der Waals surface area contributed by atoms with Gasteiger partial charge < -0.3 is 14.2 Å². The average Bonchev–Trinajstić information content (AvgIpc) is 3.45. The first kappa shape index (κ1) is 75.6.